The number of halogens is 1. The van der Waals surface area contributed by atoms with Crippen LogP contribution in [0.5, 0.6) is 0 Å². The van der Waals surface area contributed by atoms with Gasteiger partial charge in [-0.25, -0.2) is 13.1 Å². The highest BCUT2D eigenvalue weighted by molar-refractivity contribution is 7.89. The maximum absolute atomic E-state index is 12.4. The Kier molecular flexibility index (Phi) is 4.82. The summed E-state index contributed by atoms with van der Waals surface area (Å²) in [7, 11) is -3.99. The number of hydrogen-bond donors (Lipinski definition) is 2. The summed E-state index contributed by atoms with van der Waals surface area (Å²) in [6.45, 7) is 2.66. The Morgan fingerprint density at radius 2 is 2.19 bits per heavy atom. The van der Waals surface area contributed by atoms with Crippen molar-refractivity contribution in [3.8, 4) is 0 Å². The van der Waals surface area contributed by atoms with Crippen molar-refractivity contribution in [2.75, 3.05) is 6.54 Å². The zero-order chi connectivity index (χ0) is 15.6. The Hall–Kier alpha value is -1.22. The molecule has 9 heteroatoms. The van der Waals surface area contributed by atoms with E-state index in [1.54, 1.807) is 0 Å². The molecule has 1 aromatic carbocycles. The maximum atomic E-state index is 12.4. The monoisotopic (exact) mass is 333 g/mol. The van der Waals surface area contributed by atoms with E-state index >= 15 is 0 Å². The third-order valence-electron chi connectivity index (χ3n) is 3.35. The van der Waals surface area contributed by atoms with Crippen LogP contribution < -0.4 is 10.0 Å². The quantitative estimate of drug-likeness (QED) is 0.644. The van der Waals surface area contributed by atoms with Gasteiger partial charge in [0, 0.05) is 23.2 Å². The molecule has 0 amide bonds. The molecule has 1 aromatic rings. The van der Waals surface area contributed by atoms with Crippen molar-refractivity contribution in [3.05, 3.63) is 33.3 Å². The first-order chi connectivity index (χ1) is 9.79. The lowest BCUT2D eigenvalue weighted by molar-refractivity contribution is -0.387. The zero-order valence-corrected chi connectivity index (χ0v) is 12.9. The van der Waals surface area contributed by atoms with E-state index in [0.29, 0.717) is 19.4 Å². The number of nitro groups is 1. The number of rotatable bonds is 4. The predicted molar refractivity (Wildman–Crippen MR) is 78.9 cm³/mol. The van der Waals surface area contributed by atoms with Gasteiger partial charge in [0.1, 0.15) is 0 Å². The molecule has 116 valence electrons. The van der Waals surface area contributed by atoms with Crippen molar-refractivity contribution < 1.29 is 13.3 Å². The number of sulfonamides is 1. The number of benzene rings is 1. The van der Waals surface area contributed by atoms with Crippen molar-refractivity contribution in [3.63, 3.8) is 0 Å². The molecule has 1 fully saturated rings. The van der Waals surface area contributed by atoms with E-state index in [9.17, 15) is 18.5 Å². The van der Waals surface area contributed by atoms with E-state index in [1.807, 2.05) is 6.92 Å². The molecule has 2 N–H and O–H groups in total. The molecular weight excluding hydrogens is 318 g/mol. The van der Waals surface area contributed by atoms with Crippen LogP contribution in [0.25, 0.3) is 0 Å². The van der Waals surface area contributed by atoms with Gasteiger partial charge in [-0.3, -0.25) is 10.1 Å². The van der Waals surface area contributed by atoms with Crippen molar-refractivity contribution in [2.45, 2.75) is 36.7 Å². The third-order valence-corrected chi connectivity index (χ3v) is 5.14. The summed E-state index contributed by atoms with van der Waals surface area (Å²) < 4.78 is 27.3. The first-order valence-corrected chi connectivity index (χ1v) is 8.35. The minimum absolute atomic E-state index is 0.139. The highest BCUT2D eigenvalue weighted by Crippen LogP contribution is 2.27. The minimum atomic E-state index is -3.99. The fourth-order valence-corrected chi connectivity index (χ4v) is 4.09. The molecule has 1 heterocycles. The second-order valence-electron chi connectivity index (χ2n) is 5.07. The fourth-order valence-electron chi connectivity index (χ4n) is 2.38. The highest BCUT2D eigenvalue weighted by Gasteiger charge is 2.30. The van der Waals surface area contributed by atoms with Crippen LogP contribution in [-0.4, -0.2) is 32.0 Å². The van der Waals surface area contributed by atoms with E-state index in [-0.39, 0.29) is 17.1 Å². The SMILES string of the molecule is CC1CC(NS(=O)(=O)c2cc(Cl)ccc2[N+](=O)[O-])CCN1. The third kappa shape index (κ3) is 3.91. The molecule has 1 saturated heterocycles. The van der Waals surface area contributed by atoms with Gasteiger partial charge in [0.15, 0.2) is 4.90 Å². The first kappa shape index (κ1) is 16.2. The van der Waals surface area contributed by atoms with E-state index in [2.05, 4.69) is 10.0 Å². The maximum Gasteiger partial charge on any atom is 0.289 e. The number of nitro benzene ring substituents is 1. The molecule has 0 saturated carbocycles. The largest absolute Gasteiger partial charge is 0.314 e. The Labute approximate surface area is 127 Å². The van der Waals surface area contributed by atoms with E-state index in [0.717, 1.165) is 12.1 Å². The van der Waals surface area contributed by atoms with E-state index in [4.69, 9.17) is 11.6 Å². The summed E-state index contributed by atoms with van der Waals surface area (Å²) in [4.78, 5) is 9.86. The van der Waals surface area contributed by atoms with Crippen LogP contribution in [0.4, 0.5) is 5.69 Å². The van der Waals surface area contributed by atoms with Gasteiger partial charge in [-0.1, -0.05) is 11.6 Å². The summed E-state index contributed by atoms with van der Waals surface area (Å²) in [5.74, 6) is 0. The number of piperidine rings is 1. The lowest BCUT2D eigenvalue weighted by Crippen LogP contribution is -2.46. The number of hydrogen-bond acceptors (Lipinski definition) is 5. The molecule has 0 aromatic heterocycles. The summed E-state index contributed by atoms with van der Waals surface area (Å²) in [5, 5.41) is 14.3. The van der Waals surface area contributed by atoms with Gasteiger partial charge in [0.05, 0.1) is 4.92 Å². The summed E-state index contributed by atoms with van der Waals surface area (Å²) in [5.41, 5.74) is -0.478. The van der Waals surface area contributed by atoms with Crippen molar-refractivity contribution in [1.29, 1.82) is 0 Å². The van der Waals surface area contributed by atoms with Crippen LogP contribution >= 0.6 is 11.6 Å². The summed E-state index contributed by atoms with van der Waals surface area (Å²) >= 11 is 5.77. The van der Waals surface area contributed by atoms with Crippen LogP contribution in [0.1, 0.15) is 19.8 Å². The van der Waals surface area contributed by atoms with Gasteiger partial charge in [-0.15, -0.1) is 0 Å². The average molecular weight is 334 g/mol. The van der Waals surface area contributed by atoms with Gasteiger partial charge in [0.2, 0.25) is 10.0 Å². The minimum Gasteiger partial charge on any atom is -0.314 e. The molecule has 0 aliphatic carbocycles. The molecule has 7 nitrogen and oxygen atoms in total. The Morgan fingerprint density at radius 1 is 1.48 bits per heavy atom. The molecule has 0 radical (unpaired) electrons. The Morgan fingerprint density at radius 3 is 2.81 bits per heavy atom. The lowest BCUT2D eigenvalue weighted by atomic mass is 10.0. The Balaban J connectivity index is 2.31. The van der Waals surface area contributed by atoms with Gasteiger partial charge in [-0.2, -0.15) is 0 Å². The molecule has 21 heavy (non-hydrogen) atoms. The van der Waals surface area contributed by atoms with Gasteiger partial charge < -0.3 is 5.32 Å². The zero-order valence-electron chi connectivity index (χ0n) is 11.4. The normalized spacial score (nSPS) is 23.0. The smallest absolute Gasteiger partial charge is 0.289 e. The van der Waals surface area contributed by atoms with Crippen molar-refractivity contribution >= 4 is 27.3 Å². The van der Waals surface area contributed by atoms with Crippen LogP contribution in [0.3, 0.4) is 0 Å². The molecule has 1 aliphatic rings. The molecule has 2 unspecified atom stereocenters. The molecule has 2 rings (SSSR count). The van der Waals surface area contributed by atoms with Gasteiger partial charge >= 0.3 is 0 Å². The van der Waals surface area contributed by atoms with E-state index < -0.39 is 25.5 Å². The van der Waals surface area contributed by atoms with Gasteiger partial charge in [0.25, 0.3) is 5.69 Å². The molecule has 1 aliphatic heterocycles. The molecule has 0 spiro atoms. The fraction of sp³-hybridized carbons (Fsp3) is 0.500. The van der Waals surface area contributed by atoms with E-state index in [1.165, 1.54) is 6.07 Å². The van der Waals surface area contributed by atoms with Crippen LogP contribution in [0, 0.1) is 10.1 Å². The summed E-state index contributed by atoms with van der Waals surface area (Å²) in [6, 6.07) is 3.45. The Bertz CT molecular complexity index is 650. The van der Waals surface area contributed by atoms with Crippen molar-refractivity contribution in [1.82, 2.24) is 10.0 Å². The molecule has 0 bridgehead atoms. The standard InChI is InChI=1S/C12H16ClN3O4S/c1-8-6-10(4-5-14-8)15-21(19,20)12-7-9(13)2-3-11(12)16(17)18/h2-3,7-8,10,14-15H,4-6H2,1H3. The van der Waals surface area contributed by atoms with Crippen LogP contribution in [0.2, 0.25) is 5.02 Å². The van der Waals surface area contributed by atoms with Crippen molar-refractivity contribution in [2.24, 2.45) is 0 Å². The predicted octanol–water partition coefficient (Wildman–Crippen LogP) is 1.67. The lowest BCUT2D eigenvalue weighted by Gasteiger charge is -2.28. The highest BCUT2D eigenvalue weighted by atomic mass is 35.5. The second kappa shape index (κ2) is 6.27. The topological polar surface area (TPSA) is 101 Å². The molecular formula is C12H16ClN3O4S. The van der Waals surface area contributed by atoms with Crippen LogP contribution in [-0.2, 0) is 10.0 Å². The number of nitrogens with zero attached hydrogens (tertiary/aromatic N) is 1. The van der Waals surface area contributed by atoms with Crippen LogP contribution in [0.15, 0.2) is 23.1 Å². The average Bonchev–Trinajstić information content (AvgIpc) is 2.37. The number of nitrogens with one attached hydrogen (secondary N) is 2. The second-order valence-corrected chi connectivity index (χ2v) is 7.19. The molecule has 2 atom stereocenters. The summed E-state index contributed by atoms with van der Waals surface area (Å²) in [6.07, 6.45) is 1.27. The first-order valence-electron chi connectivity index (χ1n) is 6.49. The van der Waals surface area contributed by atoms with Gasteiger partial charge in [-0.05, 0) is 38.4 Å².